The number of amides is 1. The van der Waals surface area contributed by atoms with Gasteiger partial charge in [0.05, 0.1) is 0 Å². The topological polar surface area (TPSA) is 29.1 Å². The molecule has 1 amide bonds. The van der Waals surface area contributed by atoms with Crippen molar-refractivity contribution in [2.45, 2.75) is 25.8 Å². The van der Waals surface area contributed by atoms with E-state index in [1.807, 2.05) is 25.1 Å². The highest BCUT2D eigenvalue weighted by Gasteiger charge is 2.37. The van der Waals surface area contributed by atoms with E-state index < -0.39 is 0 Å². The van der Waals surface area contributed by atoms with Gasteiger partial charge in [0.2, 0.25) is 5.91 Å². The molecule has 2 rings (SSSR count). The average Bonchev–Trinajstić information content (AvgIpc) is 2.43. The first kappa shape index (κ1) is 9.25. The molecule has 0 aromatic heterocycles. The van der Waals surface area contributed by atoms with Gasteiger partial charge in [-0.05, 0) is 12.5 Å². The molecule has 0 bridgehead atoms. The predicted octanol–water partition coefficient (Wildman–Crippen LogP) is 1.92. The second kappa shape index (κ2) is 3.45. The molecule has 2 nitrogen and oxygen atoms in total. The summed E-state index contributed by atoms with van der Waals surface area (Å²) < 4.78 is 0. The van der Waals surface area contributed by atoms with Crippen LogP contribution >= 0.6 is 0 Å². The van der Waals surface area contributed by atoms with Crippen molar-refractivity contribution in [3.63, 3.8) is 0 Å². The van der Waals surface area contributed by atoms with Crippen LogP contribution in [0.3, 0.4) is 0 Å². The standard InChI is InChI=1S/C12H15NO/c1-8-11(9(2)13-12(8)14)10-6-4-3-5-7-10/h3-9,11H,1-2H3,(H,13,14)/t8-,9-,11-/m1/s1. The van der Waals surface area contributed by atoms with Crippen LogP contribution in [-0.2, 0) is 4.79 Å². The summed E-state index contributed by atoms with van der Waals surface area (Å²) in [5, 5.41) is 2.98. The van der Waals surface area contributed by atoms with Crippen LogP contribution in [0.15, 0.2) is 30.3 Å². The van der Waals surface area contributed by atoms with Crippen molar-refractivity contribution in [1.82, 2.24) is 5.32 Å². The Morgan fingerprint density at radius 2 is 1.79 bits per heavy atom. The number of hydrogen-bond acceptors (Lipinski definition) is 1. The van der Waals surface area contributed by atoms with Gasteiger partial charge in [-0.15, -0.1) is 0 Å². The van der Waals surface area contributed by atoms with Gasteiger partial charge in [0.15, 0.2) is 0 Å². The minimum Gasteiger partial charge on any atom is -0.353 e. The molecule has 0 aliphatic carbocycles. The fraction of sp³-hybridized carbons (Fsp3) is 0.417. The molecule has 0 saturated carbocycles. The van der Waals surface area contributed by atoms with Crippen LogP contribution < -0.4 is 5.32 Å². The summed E-state index contributed by atoms with van der Waals surface area (Å²) in [6.45, 7) is 4.07. The summed E-state index contributed by atoms with van der Waals surface area (Å²) in [4.78, 5) is 11.5. The van der Waals surface area contributed by atoms with E-state index in [9.17, 15) is 4.79 Å². The monoisotopic (exact) mass is 189 g/mol. The van der Waals surface area contributed by atoms with Gasteiger partial charge in [-0.1, -0.05) is 37.3 Å². The molecule has 2 heteroatoms. The Morgan fingerprint density at radius 1 is 1.14 bits per heavy atom. The summed E-state index contributed by atoms with van der Waals surface area (Å²) in [6, 6.07) is 10.5. The van der Waals surface area contributed by atoms with Crippen molar-refractivity contribution >= 4 is 5.91 Å². The Morgan fingerprint density at radius 3 is 2.29 bits per heavy atom. The van der Waals surface area contributed by atoms with E-state index in [0.717, 1.165) is 0 Å². The maximum atomic E-state index is 11.5. The number of rotatable bonds is 1. The van der Waals surface area contributed by atoms with Gasteiger partial charge >= 0.3 is 0 Å². The number of hydrogen-bond donors (Lipinski definition) is 1. The van der Waals surface area contributed by atoms with Crippen LogP contribution in [-0.4, -0.2) is 11.9 Å². The summed E-state index contributed by atoms with van der Waals surface area (Å²) in [7, 11) is 0. The van der Waals surface area contributed by atoms with Crippen LogP contribution in [0.5, 0.6) is 0 Å². The Kier molecular flexibility index (Phi) is 2.28. The maximum Gasteiger partial charge on any atom is 0.223 e. The molecule has 1 N–H and O–H groups in total. The number of benzene rings is 1. The highest BCUT2D eigenvalue weighted by atomic mass is 16.2. The molecule has 0 spiro atoms. The smallest absolute Gasteiger partial charge is 0.223 e. The second-order valence-corrected chi connectivity index (χ2v) is 4.02. The van der Waals surface area contributed by atoms with E-state index in [-0.39, 0.29) is 17.9 Å². The van der Waals surface area contributed by atoms with Gasteiger partial charge in [0.1, 0.15) is 0 Å². The van der Waals surface area contributed by atoms with Crippen LogP contribution in [0.25, 0.3) is 0 Å². The average molecular weight is 189 g/mol. The lowest BCUT2D eigenvalue weighted by Gasteiger charge is -2.17. The first-order valence-corrected chi connectivity index (χ1v) is 5.05. The van der Waals surface area contributed by atoms with Crippen LogP contribution in [0.2, 0.25) is 0 Å². The van der Waals surface area contributed by atoms with Crippen LogP contribution in [0.1, 0.15) is 25.3 Å². The van der Waals surface area contributed by atoms with E-state index in [1.165, 1.54) is 5.56 Å². The lowest BCUT2D eigenvalue weighted by atomic mass is 9.86. The molecule has 0 unspecified atom stereocenters. The van der Waals surface area contributed by atoms with Crippen molar-refractivity contribution in [1.29, 1.82) is 0 Å². The molecule has 1 heterocycles. The van der Waals surface area contributed by atoms with Gasteiger partial charge in [-0.25, -0.2) is 0 Å². The zero-order valence-electron chi connectivity index (χ0n) is 8.53. The Bertz CT molecular complexity index is 333. The molecule has 74 valence electrons. The predicted molar refractivity (Wildman–Crippen MR) is 56.0 cm³/mol. The van der Waals surface area contributed by atoms with Crippen molar-refractivity contribution in [3.8, 4) is 0 Å². The maximum absolute atomic E-state index is 11.5. The molecule has 1 saturated heterocycles. The molecular weight excluding hydrogens is 174 g/mol. The highest BCUT2D eigenvalue weighted by molar-refractivity contribution is 5.82. The third-order valence-corrected chi connectivity index (χ3v) is 3.05. The van der Waals surface area contributed by atoms with Gasteiger partial charge in [-0.2, -0.15) is 0 Å². The minimum atomic E-state index is 0.0902. The second-order valence-electron chi connectivity index (χ2n) is 4.02. The van der Waals surface area contributed by atoms with Crippen molar-refractivity contribution < 1.29 is 4.79 Å². The fourth-order valence-electron chi connectivity index (χ4n) is 2.29. The number of carbonyl (C=O) groups is 1. The number of carbonyl (C=O) groups excluding carboxylic acids is 1. The lowest BCUT2D eigenvalue weighted by Crippen LogP contribution is -2.24. The molecule has 0 radical (unpaired) electrons. The fourth-order valence-corrected chi connectivity index (χ4v) is 2.29. The van der Waals surface area contributed by atoms with E-state index in [0.29, 0.717) is 5.92 Å². The zero-order chi connectivity index (χ0) is 10.1. The third-order valence-electron chi connectivity index (χ3n) is 3.05. The van der Waals surface area contributed by atoms with Crippen molar-refractivity contribution in [2.75, 3.05) is 0 Å². The largest absolute Gasteiger partial charge is 0.353 e. The molecule has 1 fully saturated rings. The molecule has 1 aliphatic heterocycles. The molecule has 1 aliphatic rings. The van der Waals surface area contributed by atoms with Crippen molar-refractivity contribution in [3.05, 3.63) is 35.9 Å². The van der Waals surface area contributed by atoms with Gasteiger partial charge in [-0.3, -0.25) is 4.79 Å². The lowest BCUT2D eigenvalue weighted by molar-refractivity contribution is -0.122. The summed E-state index contributed by atoms with van der Waals surface area (Å²) in [5.74, 6) is 0.586. The molecule has 1 aromatic carbocycles. The van der Waals surface area contributed by atoms with Crippen LogP contribution in [0, 0.1) is 5.92 Å². The third kappa shape index (κ3) is 1.41. The number of nitrogens with one attached hydrogen (secondary N) is 1. The highest BCUT2D eigenvalue weighted by Crippen LogP contribution is 2.32. The van der Waals surface area contributed by atoms with Crippen molar-refractivity contribution in [2.24, 2.45) is 5.92 Å². The van der Waals surface area contributed by atoms with Gasteiger partial charge in [0.25, 0.3) is 0 Å². The quantitative estimate of drug-likeness (QED) is 0.718. The van der Waals surface area contributed by atoms with E-state index in [2.05, 4.69) is 24.4 Å². The van der Waals surface area contributed by atoms with Crippen LogP contribution in [0.4, 0.5) is 0 Å². The summed E-state index contributed by atoms with van der Waals surface area (Å²) >= 11 is 0. The van der Waals surface area contributed by atoms with E-state index in [4.69, 9.17) is 0 Å². The van der Waals surface area contributed by atoms with E-state index in [1.54, 1.807) is 0 Å². The Balaban J connectivity index is 2.31. The zero-order valence-corrected chi connectivity index (χ0v) is 8.53. The van der Waals surface area contributed by atoms with Gasteiger partial charge < -0.3 is 5.32 Å². The molecular formula is C12H15NO. The van der Waals surface area contributed by atoms with E-state index >= 15 is 0 Å². The minimum absolute atomic E-state index is 0.0902. The molecule has 3 atom stereocenters. The summed E-state index contributed by atoms with van der Waals surface area (Å²) in [6.07, 6.45) is 0. The SMILES string of the molecule is C[C@H]1NC(=O)[C@H](C)[C@H]1c1ccccc1. The van der Waals surface area contributed by atoms with Gasteiger partial charge in [0, 0.05) is 17.9 Å². The summed E-state index contributed by atoms with van der Waals surface area (Å²) in [5.41, 5.74) is 1.26. The Hall–Kier alpha value is -1.31. The molecule has 1 aromatic rings. The first-order valence-electron chi connectivity index (χ1n) is 5.05. The Labute approximate surface area is 84.3 Å². The first-order chi connectivity index (χ1) is 6.70. The normalized spacial score (nSPS) is 31.6. The molecule has 14 heavy (non-hydrogen) atoms.